The van der Waals surface area contributed by atoms with E-state index >= 15 is 0 Å². The molecule has 20 heavy (non-hydrogen) atoms. The van der Waals surface area contributed by atoms with Gasteiger partial charge in [-0.15, -0.1) is 0 Å². The molecule has 0 bridgehead atoms. The molecule has 1 rings (SSSR count). The number of nitrogens with zero attached hydrogens (tertiary/aromatic N) is 1. The van der Waals surface area contributed by atoms with Gasteiger partial charge in [0.1, 0.15) is 11.9 Å². The van der Waals surface area contributed by atoms with Crippen LogP contribution < -0.4 is 0 Å². The zero-order valence-corrected chi connectivity index (χ0v) is 13.0. The Bertz CT molecular complexity index is 502. The maximum Gasteiger partial charge on any atom is 0.305 e. The molecule has 112 valence electrons. The van der Waals surface area contributed by atoms with Gasteiger partial charge < -0.3 is 5.11 Å². The predicted octanol–water partition coefficient (Wildman–Crippen LogP) is 4.05. The van der Waals surface area contributed by atoms with Crippen molar-refractivity contribution < 1.29 is 18.5 Å². The van der Waals surface area contributed by atoms with Crippen LogP contribution in [0.4, 0.5) is 4.39 Å². The summed E-state index contributed by atoms with van der Waals surface area (Å²) >= 11 is 5.41. The molecule has 0 amide bonds. The van der Waals surface area contributed by atoms with Gasteiger partial charge in [0.2, 0.25) is 0 Å². The standard InChI is InChI=1S/C9H7ClFNO3S.C4H10/c10-6-3-1-2-5(9(6)11)7(12-16-15)4-8(13)14;1-4(2)3/h1-3,7H,4H2,(H,13,14);4H,1-3H3. The molecule has 0 fully saturated rings. The summed E-state index contributed by atoms with van der Waals surface area (Å²) in [6, 6.07) is 3.14. The van der Waals surface area contributed by atoms with Crippen LogP contribution in [0.25, 0.3) is 0 Å². The van der Waals surface area contributed by atoms with Crippen molar-refractivity contribution in [3.8, 4) is 0 Å². The fourth-order valence-electron chi connectivity index (χ4n) is 1.20. The lowest BCUT2D eigenvalue weighted by Gasteiger charge is -2.09. The summed E-state index contributed by atoms with van der Waals surface area (Å²) in [5.41, 5.74) is 0.0123. The number of benzene rings is 1. The van der Waals surface area contributed by atoms with Crippen LogP contribution in [-0.2, 0) is 16.3 Å². The molecule has 0 aliphatic rings. The molecule has 0 aromatic heterocycles. The molecule has 0 heterocycles. The Hall–Kier alpha value is -1.27. The van der Waals surface area contributed by atoms with E-state index in [1.54, 1.807) is 0 Å². The Morgan fingerprint density at radius 3 is 2.45 bits per heavy atom. The van der Waals surface area contributed by atoms with Gasteiger partial charge in [-0.05, 0) is 12.0 Å². The molecule has 0 saturated carbocycles. The minimum atomic E-state index is -1.16. The molecule has 1 atom stereocenters. The highest BCUT2D eigenvalue weighted by atomic mass is 35.5. The quantitative estimate of drug-likeness (QED) is 0.909. The lowest BCUT2D eigenvalue weighted by Crippen LogP contribution is -2.06. The minimum absolute atomic E-state index is 0.0123. The maximum atomic E-state index is 13.5. The fraction of sp³-hybridized carbons (Fsp3) is 0.462. The van der Waals surface area contributed by atoms with E-state index < -0.39 is 24.2 Å². The van der Waals surface area contributed by atoms with E-state index in [2.05, 4.69) is 25.1 Å². The van der Waals surface area contributed by atoms with Crippen molar-refractivity contribution in [1.82, 2.24) is 0 Å². The zero-order valence-electron chi connectivity index (χ0n) is 11.5. The predicted molar refractivity (Wildman–Crippen MR) is 77.5 cm³/mol. The van der Waals surface area contributed by atoms with Crippen LogP contribution >= 0.6 is 11.6 Å². The summed E-state index contributed by atoms with van der Waals surface area (Å²) in [6.45, 7) is 6.50. The zero-order chi connectivity index (χ0) is 15.7. The van der Waals surface area contributed by atoms with Gasteiger partial charge in [-0.25, -0.2) is 4.39 Å². The second-order valence-electron chi connectivity index (χ2n) is 4.67. The molecule has 7 heteroatoms. The number of carboxylic acids is 1. The first-order valence-corrected chi connectivity index (χ1v) is 7.02. The smallest absolute Gasteiger partial charge is 0.305 e. The second-order valence-corrected chi connectivity index (χ2v) is 5.44. The Balaban J connectivity index is 0.000000796. The number of carboxylic acid groups (broad SMARTS) is 1. The molecular weight excluding hydrogens is 305 g/mol. The Morgan fingerprint density at radius 2 is 2.00 bits per heavy atom. The van der Waals surface area contributed by atoms with E-state index in [-0.39, 0.29) is 22.0 Å². The SMILES string of the molecule is CC(C)C.O=S=NC(CC(=O)O)c1cccc(Cl)c1F. The molecule has 0 radical (unpaired) electrons. The van der Waals surface area contributed by atoms with E-state index in [1.807, 2.05) is 0 Å². The van der Waals surface area contributed by atoms with Crippen molar-refractivity contribution in [1.29, 1.82) is 0 Å². The number of hydrogen-bond acceptors (Lipinski definition) is 3. The van der Waals surface area contributed by atoms with Gasteiger partial charge in [0, 0.05) is 5.56 Å². The third-order valence-electron chi connectivity index (χ3n) is 1.88. The van der Waals surface area contributed by atoms with Crippen LogP contribution in [0.3, 0.4) is 0 Å². The number of halogens is 2. The molecule has 1 aromatic rings. The van der Waals surface area contributed by atoms with Gasteiger partial charge >= 0.3 is 5.97 Å². The van der Waals surface area contributed by atoms with E-state index in [0.29, 0.717) is 0 Å². The van der Waals surface area contributed by atoms with Crippen LogP contribution in [0, 0.1) is 11.7 Å². The molecule has 0 aliphatic carbocycles. The first-order valence-electron chi connectivity index (χ1n) is 5.94. The maximum absolute atomic E-state index is 13.5. The van der Waals surface area contributed by atoms with Crippen molar-refractivity contribution in [2.75, 3.05) is 0 Å². The van der Waals surface area contributed by atoms with Crippen molar-refractivity contribution in [2.45, 2.75) is 33.2 Å². The molecule has 4 nitrogen and oxygen atoms in total. The average Bonchev–Trinajstić information content (AvgIpc) is 2.31. The fourth-order valence-corrected chi connectivity index (χ4v) is 1.67. The van der Waals surface area contributed by atoms with E-state index in [4.69, 9.17) is 16.7 Å². The summed E-state index contributed by atoms with van der Waals surface area (Å²) in [7, 11) is 0. The van der Waals surface area contributed by atoms with E-state index in [9.17, 15) is 13.4 Å². The highest BCUT2D eigenvalue weighted by Gasteiger charge is 2.19. The Morgan fingerprint density at radius 1 is 1.45 bits per heavy atom. The number of rotatable bonds is 4. The van der Waals surface area contributed by atoms with Gasteiger partial charge in [0.05, 0.1) is 11.4 Å². The topological polar surface area (TPSA) is 66.7 Å². The molecule has 1 N–H and O–H groups in total. The number of carbonyl (C=O) groups is 1. The van der Waals surface area contributed by atoms with Crippen LogP contribution in [-0.4, -0.2) is 15.3 Å². The molecule has 0 aliphatic heterocycles. The Kier molecular flexibility index (Phi) is 9.00. The highest BCUT2D eigenvalue weighted by molar-refractivity contribution is 7.54. The van der Waals surface area contributed by atoms with Gasteiger partial charge in [-0.2, -0.15) is 8.57 Å². The van der Waals surface area contributed by atoms with E-state index in [1.165, 1.54) is 18.2 Å². The van der Waals surface area contributed by atoms with Crippen LogP contribution in [0.2, 0.25) is 5.02 Å². The number of hydrogen-bond donors (Lipinski definition) is 1. The van der Waals surface area contributed by atoms with Crippen LogP contribution in [0.5, 0.6) is 0 Å². The third kappa shape index (κ3) is 7.35. The number of aliphatic carboxylic acids is 1. The monoisotopic (exact) mass is 321 g/mol. The summed E-state index contributed by atoms with van der Waals surface area (Å²) < 4.78 is 27.2. The average molecular weight is 322 g/mol. The lowest BCUT2D eigenvalue weighted by atomic mass is 10.0. The van der Waals surface area contributed by atoms with Crippen molar-refractivity contribution >= 4 is 29.0 Å². The first-order chi connectivity index (χ1) is 9.29. The minimum Gasteiger partial charge on any atom is -0.481 e. The molecule has 0 saturated heterocycles. The van der Waals surface area contributed by atoms with Gasteiger partial charge in [0.25, 0.3) is 0 Å². The van der Waals surface area contributed by atoms with Crippen molar-refractivity contribution in [3.63, 3.8) is 0 Å². The van der Waals surface area contributed by atoms with E-state index in [0.717, 1.165) is 5.92 Å². The molecule has 1 unspecified atom stereocenters. The highest BCUT2D eigenvalue weighted by Crippen LogP contribution is 2.27. The lowest BCUT2D eigenvalue weighted by molar-refractivity contribution is -0.137. The summed E-state index contributed by atoms with van der Waals surface area (Å²) in [4.78, 5) is 10.5. The molecule has 0 spiro atoms. The third-order valence-corrected chi connectivity index (χ3v) is 2.51. The van der Waals surface area contributed by atoms with Crippen LogP contribution in [0.1, 0.15) is 38.8 Å². The van der Waals surface area contributed by atoms with Crippen LogP contribution in [0.15, 0.2) is 22.6 Å². The summed E-state index contributed by atoms with van der Waals surface area (Å²) in [6.07, 6.45) is -0.452. The van der Waals surface area contributed by atoms with Crippen molar-refractivity contribution in [2.24, 2.45) is 10.3 Å². The summed E-state index contributed by atoms with van der Waals surface area (Å²) in [5, 5.41) is 8.48. The van der Waals surface area contributed by atoms with Gasteiger partial charge in [0.15, 0.2) is 11.5 Å². The van der Waals surface area contributed by atoms with Gasteiger partial charge in [-0.3, -0.25) is 4.79 Å². The first kappa shape index (κ1) is 18.7. The molecular formula is C13H17ClFNO3S. The molecule has 1 aromatic carbocycles. The van der Waals surface area contributed by atoms with Crippen molar-refractivity contribution in [3.05, 3.63) is 34.6 Å². The summed E-state index contributed by atoms with van der Waals surface area (Å²) in [5.74, 6) is -1.07. The second kappa shape index (κ2) is 9.61. The normalized spacial score (nSPS) is 11.3. The van der Waals surface area contributed by atoms with Gasteiger partial charge in [-0.1, -0.05) is 44.5 Å². The Labute approximate surface area is 126 Å². The largest absolute Gasteiger partial charge is 0.481 e.